The van der Waals surface area contributed by atoms with Gasteiger partial charge in [0.1, 0.15) is 5.01 Å². The highest BCUT2D eigenvalue weighted by Gasteiger charge is 2.08. The van der Waals surface area contributed by atoms with Crippen LogP contribution in [0.25, 0.3) is 0 Å². The normalized spacial score (nSPS) is 10.7. The Morgan fingerprint density at radius 2 is 2.12 bits per heavy atom. The fourth-order valence-electron chi connectivity index (χ4n) is 1.45. The van der Waals surface area contributed by atoms with Crippen LogP contribution in [0.4, 0.5) is 5.13 Å². The molecule has 0 saturated heterocycles. The van der Waals surface area contributed by atoms with Gasteiger partial charge in [-0.05, 0) is 6.42 Å². The molecule has 0 saturated carbocycles. The lowest BCUT2D eigenvalue weighted by molar-refractivity contribution is 0.840. The maximum atomic E-state index is 4.28. The molecule has 0 aliphatic carbocycles. The highest BCUT2D eigenvalue weighted by molar-refractivity contribution is 7.15. The molecule has 0 radical (unpaired) electrons. The lowest BCUT2D eigenvalue weighted by Crippen LogP contribution is -2.19. The Morgan fingerprint density at radius 3 is 2.82 bits per heavy atom. The average molecular weight is 268 g/mol. The van der Waals surface area contributed by atoms with Crippen LogP contribution in [-0.2, 0) is 12.8 Å². The van der Waals surface area contributed by atoms with E-state index < -0.39 is 0 Å². The van der Waals surface area contributed by atoms with Gasteiger partial charge in [0.15, 0.2) is 0 Å². The van der Waals surface area contributed by atoms with Gasteiger partial charge in [-0.25, -0.2) is 4.98 Å². The van der Waals surface area contributed by atoms with E-state index in [1.807, 2.05) is 11.6 Å². The third kappa shape index (κ3) is 3.47. The molecule has 0 aromatic carbocycles. The molecule has 0 spiro atoms. The fraction of sp³-hybridized carbons (Fsp3) is 0.545. The Bertz CT molecular complexity index is 438. The van der Waals surface area contributed by atoms with Crippen LogP contribution in [0.1, 0.15) is 23.4 Å². The van der Waals surface area contributed by atoms with E-state index in [9.17, 15) is 0 Å². The van der Waals surface area contributed by atoms with Crippen molar-refractivity contribution in [3.8, 4) is 0 Å². The van der Waals surface area contributed by atoms with Crippen LogP contribution in [0, 0.1) is 0 Å². The third-order valence-electron chi connectivity index (χ3n) is 2.39. The van der Waals surface area contributed by atoms with Crippen LogP contribution in [0.2, 0.25) is 0 Å². The van der Waals surface area contributed by atoms with E-state index in [0.717, 1.165) is 35.9 Å². The van der Waals surface area contributed by atoms with Gasteiger partial charge in [-0.3, -0.25) is 0 Å². The molecular formula is C11H16N4S2. The van der Waals surface area contributed by atoms with Gasteiger partial charge in [0, 0.05) is 38.0 Å². The molecule has 4 nitrogen and oxygen atoms in total. The second-order valence-corrected chi connectivity index (χ2v) is 5.85. The Kier molecular flexibility index (Phi) is 4.44. The topological polar surface area (TPSA) is 41.9 Å². The van der Waals surface area contributed by atoms with Crippen molar-refractivity contribution in [2.45, 2.75) is 26.2 Å². The summed E-state index contributed by atoms with van der Waals surface area (Å²) in [6, 6.07) is 0. The number of likely N-dealkylation sites (N-methyl/N-ethyl adjacent to an activating group) is 1. The van der Waals surface area contributed by atoms with E-state index in [1.54, 1.807) is 22.7 Å². The lowest BCUT2D eigenvalue weighted by Gasteiger charge is -2.13. The van der Waals surface area contributed by atoms with Crippen LogP contribution >= 0.6 is 22.7 Å². The maximum Gasteiger partial charge on any atom is 0.208 e. The summed E-state index contributed by atoms with van der Waals surface area (Å²) in [5.74, 6) is 0. The van der Waals surface area contributed by atoms with Gasteiger partial charge >= 0.3 is 0 Å². The summed E-state index contributed by atoms with van der Waals surface area (Å²) in [6.45, 7) is 3.10. The van der Waals surface area contributed by atoms with Crippen LogP contribution in [-0.4, -0.2) is 28.8 Å². The number of nitrogens with zero attached hydrogens (tertiary/aromatic N) is 4. The Labute approximate surface area is 109 Å². The molecule has 0 fully saturated rings. The SMILES string of the molecule is CCCc1nnc(N(C)CCc2nccs2)s1. The number of thiazole rings is 1. The number of rotatable bonds is 6. The molecular weight excluding hydrogens is 252 g/mol. The zero-order chi connectivity index (χ0) is 12.1. The molecule has 0 bridgehead atoms. The molecule has 0 amide bonds. The van der Waals surface area contributed by atoms with Crippen molar-refractivity contribution in [2.75, 3.05) is 18.5 Å². The first-order valence-corrected chi connectivity index (χ1v) is 7.41. The summed E-state index contributed by atoms with van der Waals surface area (Å²) in [6.07, 6.45) is 4.97. The third-order valence-corrected chi connectivity index (χ3v) is 4.33. The van der Waals surface area contributed by atoms with Crippen molar-refractivity contribution in [3.05, 3.63) is 21.6 Å². The Hall–Kier alpha value is -1.01. The monoisotopic (exact) mass is 268 g/mol. The average Bonchev–Trinajstić information content (AvgIpc) is 2.97. The summed E-state index contributed by atoms with van der Waals surface area (Å²) in [5, 5.41) is 13.7. The van der Waals surface area contributed by atoms with Gasteiger partial charge < -0.3 is 4.90 Å². The summed E-state index contributed by atoms with van der Waals surface area (Å²) < 4.78 is 0. The Balaban J connectivity index is 1.88. The summed E-state index contributed by atoms with van der Waals surface area (Å²) >= 11 is 3.39. The van der Waals surface area contributed by atoms with Crippen molar-refractivity contribution in [1.29, 1.82) is 0 Å². The smallest absolute Gasteiger partial charge is 0.208 e. The maximum absolute atomic E-state index is 4.28. The van der Waals surface area contributed by atoms with Crippen molar-refractivity contribution < 1.29 is 0 Å². The van der Waals surface area contributed by atoms with E-state index in [4.69, 9.17) is 0 Å². The molecule has 92 valence electrons. The zero-order valence-electron chi connectivity index (χ0n) is 10.1. The van der Waals surface area contributed by atoms with Gasteiger partial charge in [0.25, 0.3) is 0 Å². The zero-order valence-corrected chi connectivity index (χ0v) is 11.7. The van der Waals surface area contributed by atoms with Crippen LogP contribution in [0.5, 0.6) is 0 Å². The van der Waals surface area contributed by atoms with E-state index in [1.165, 1.54) is 5.01 Å². The minimum Gasteiger partial charge on any atom is -0.349 e. The van der Waals surface area contributed by atoms with Gasteiger partial charge in [0.05, 0.1) is 5.01 Å². The molecule has 2 heterocycles. The molecule has 0 unspecified atom stereocenters. The van der Waals surface area contributed by atoms with E-state index in [0.29, 0.717) is 0 Å². The lowest BCUT2D eigenvalue weighted by atomic mass is 10.4. The Morgan fingerprint density at radius 1 is 1.24 bits per heavy atom. The fourth-order valence-corrected chi connectivity index (χ4v) is 2.99. The van der Waals surface area contributed by atoms with Crippen molar-refractivity contribution in [2.24, 2.45) is 0 Å². The molecule has 0 atom stereocenters. The molecule has 0 aliphatic heterocycles. The van der Waals surface area contributed by atoms with Crippen LogP contribution in [0.15, 0.2) is 11.6 Å². The summed E-state index contributed by atoms with van der Waals surface area (Å²) in [7, 11) is 2.06. The predicted octanol–water partition coefficient (Wildman–Crippen LogP) is 2.63. The number of aromatic nitrogens is 3. The van der Waals surface area contributed by atoms with Crippen molar-refractivity contribution in [1.82, 2.24) is 15.2 Å². The number of aryl methyl sites for hydroxylation is 1. The number of hydrogen-bond acceptors (Lipinski definition) is 6. The second-order valence-electron chi connectivity index (χ2n) is 3.83. The van der Waals surface area contributed by atoms with E-state index in [2.05, 4.69) is 34.1 Å². The first-order valence-electron chi connectivity index (χ1n) is 5.71. The predicted molar refractivity (Wildman–Crippen MR) is 73.0 cm³/mol. The second kappa shape index (κ2) is 6.07. The van der Waals surface area contributed by atoms with Crippen LogP contribution < -0.4 is 4.90 Å². The highest BCUT2D eigenvalue weighted by atomic mass is 32.1. The van der Waals surface area contributed by atoms with Crippen molar-refractivity contribution >= 4 is 27.8 Å². The molecule has 0 N–H and O–H groups in total. The number of hydrogen-bond donors (Lipinski definition) is 0. The van der Waals surface area contributed by atoms with E-state index in [-0.39, 0.29) is 0 Å². The molecule has 2 aromatic rings. The molecule has 17 heavy (non-hydrogen) atoms. The minimum atomic E-state index is 0.939. The van der Waals surface area contributed by atoms with Gasteiger partial charge in [-0.15, -0.1) is 21.5 Å². The van der Waals surface area contributed by atoms with Gasteiger partial charge in [-0.2, -0.15) is 0 Å². The van der Waals surface area contributed by atoms with Gasteiger partial charge in [0.2, 0.25) is 5.13 Å². The van der Waals surface area contributed by atoms with Crippen molar-refractivity contribution in [3.63, 3.8) is 0 Å². The first-order chi connectivity index (χ1) is 8.29. The molecule has 0 aliphatic rings. The highest BCUT2D eigenvalue weighted by Crippen LogP contribution is 2.20. The summed E-state index contributed by atoms with van der Waals surface area (Å²) in [4.78, 5) is 6.43. The van der Waals surface area contributed by atoms with Gasteiger partial charge in [-0.1, -0.05) is 18.3 Å². The molecule has 2 rings (SSSR count). The largest absolute Gasteiger partial charge is 0.349 e. The number of anilines is 1. The molecule has 6 heteroatoms. The first kappa shape index (κ1) is 12.4. The summed E-state index contributed by atoms with van der Waals surface area (Å²) in [5.41, 5.74) is 0. The van der Waals surface area contributed by atoms with E-state index >= 15 is 0 Å². The van der Waals surface area contributed by atoms with Crippen LogP contribution in [0.3, 0.4) is 0 Å². The molecule has 2 aromatic heterocycles. The standard InChI is InChI=1S/C11H16N4S2/c1-3-4-10-13-14-11(17-10)15(2)7-5-9-12-6-8-16-9/h6,8H,3-5,7H2,1-2H3. The minimum absolute atomic E-state index is 0.939. The quantitative estimate of drug-likeness (QED) is 0.807.